The normalized spacial score (nSPS) is 31.0. The minimum atomic E-state index is -0.195. The maximum Gasteiger partial charge on any atom is 0.310 e. The molecule has 2 fully saturated rings. The minimum absolute atomic E-state index is 0.0971. The highest BCUT2D eigenvalue weighted by Gasteiger charge is 2.36. The van der Waals surface area contributed by atoms with Crippen LogP contribution >= 0.6 is 0 Å². The van der Waals surface area contributed by atoms with Crippen LogP contribution in [-0.4, -0.2) is 49.6 Å². The van der Waals surface area contributed by atoms with Gasteiger partial charge in [-0.05, 0) is 12.8 Å². The molecule has 5 nitrogen and oxygen atoms in total. The average molecular weight is 212 g/mol. The average Bonchev–Trinajstić information content (AvgIpc) is 2.28. The van der Waals surface area contributed by atoms with Crippen molar-refractivity contribution in [3.05, 3.63) is 0 Å². The summed E-state index contributed by atoms with van der Waals surface area (Å²) in [7, 11) is 1.40. The van der Waals surface area contributed by atoms with Crippen molar-refractivity contribution in [3.63, 3.8) is 0 Å². The third-order valence-electron chi connectivity index (χ3n) is 3.22. The molecule has 0 aromatic heterocycles. The van der Waals surface area contributed by atoms with Gasteiger partial charge in [0.1, 0.15) is 0 Å². The van der Waals surface area contributed by atoms with Gasteiger partial charge in [-0.15, -0.1) is 0 Å². The van der Waals surface area contributed by atoms with Gasteiger partial charge in [0, 0.05) is 19.1 Å². The summed E-state index contributed by atoms with van der Waals surface area (Å²) in [6, 6.07) is 0.271. The van der Waals surface area contributed by atoms with Gasteiger partial charge in [0.15, 0.2) is 0 Å². The largest absolute Gasteiger partial charge is 0.469 e. The molecule has 0 bridgehead atoms. The molecule has 1 amide bonds. The number of hydrogen-bond donors (Lipinski definition) is 1. The highest BCUT2D eigenvalue weighted by Crippen LogP contribution is 2.24. The molecular formula is C10H16N2O3. The highest BCUT2D eigenvalue weighted by atomic mass is 16.5. The number of esters is 1. The molecule has 2 unspecified atom stereocenters. The second kappa shape index (κ2) is 4.18. The van der Waals surface area contributed by atoms with Crippen molar-refractivity contribution >= 4 is 11.9 Å². The van der Waals surface area contributed by atoms with E-state index in [1.807, 2.05) is 4.90 Å². The molecule has 0 aliphatic carbocycles. The number of rotatable bonds is 1. The molecule has 0 saturated carbocycles. The number of fused-ring (bicyclic) bond motifs is 1. The molecule has 5 heteroatoms. The van der Waals surface area contributed by atoms with Crippen molar-refractivity contribution < 1.29 is 14.3 Å². The summed E-state index contributed by atoms with van der Waals surface area (Å²) in [6.07, 6.45) is 1.71. The Kier molecular flexibility index (Phi) is 2.90. The first kappa shape index (κ1) is 10.4. The fourth-order valence-electron chi connectivity index (χ4n) is 2.35. The number of carbonyl (C=O) groups is 2. The molecule has 1 N–H and O–H groups in total. The van der Waals surface area contributed by atoms with Gasteiger partial charge < -0.3 is 15.0 Å². The van der Waals surface area contributed by atoms with Crippen LogP contribution in [0.3, 0.4) is 0 Å². The van der Waals surface area contributed by atoms with Gasteiger partial charge in [-0.2, -0.15) is 0 Å². The fraction of sp³-hybridized carbons (Fsp3) is 0.800. The van der Waals surface area contributed by atoms with E-state index in [1.165, 1.54) is 7.11 Å². The van der Waals surface area contributed by atoms with E-state index in [9.17, 15) is 9.59 Å². The summed E-state index contributed by atoms with van der Waals surface area (Å²) in [4.78, 5) is 24.8. The van der Waals surface area contributed by atoms with E-state index in [2.05, 4.69) is 5.32 Å². The predicted molar refractivity (Wildman–Crippen MR) is 53.1 cm³/mol. The van der Waals surface area contributed by atoms with Crippen LogP contribution in [0.1, 0.15) is 12.8 Å². The Labute approximate surface area is 88.8 Å². The van der Waals surface area contributed by atoms with Gasteiger partial charge in [-0.3, -0.25) is 9.59 Å². The number of piperidine rings is 1. The lowest BCUT2D eigenvalue weighted by Crippen LogP contribution is -2.58. The van der Waals surface area contributed by atoms with E-state index in [1.54, 1.807) is 0 Å². The van der Waals surface area contributed by atoms with E-state index in [4.69, 9.17) is 4.74 Å². The smallest absolute Gasteiger partial charge is 0.310 e. The Morgan fingerprint density at radius 3 is 3.07 bits per heavy atom. The molecule has 2 aliphatic heterocycles. The molecule has 2 heterocycles. The summed E-state index contributed by atoms with van der Waals surface area (Å²) in [5, 5.41) is 3.08. The summed E-state index contributed by atoms with van der Waals surface area (Å²) < 4.78 is 4.71. The third kappa shape index (κ3) is 1.97. The molecule has 0 spiro atoms. The fourth-order valence-corrected chi connectivity index (χ4v) is 2.35. The van der Waals surface area contributed by atoms with Crippen LogP contribution in [0, 0.1) is 5.92 Å². The quantitative estimate of drug-likeness (QED) is 0.588. The molecular weight excluding hydrogens is 196 g/mol. The Balaban J connectivity index is 2.02. The first-order valence-corrected chi connectivity index (χ1v) is 5.30. The van der Waals surface area contributed by atoms with E-state index in [0.717, 1.165) is 19.4 Å². The number of carbonyl (C=O) groups excluding carboxylic acids is 2. The molecule has 84 valence electrons. The summed E-state index contributed by atoms with van der Waals surface area (Å²) in [5.41, 5.74) is 0. The van der Waals surface area contributed by atoms with Crippen molar-refractivity contribution in [1.82, 2.24) is 10.2 Å². The maximum absolute atomic E-state index is 11.6. The van der Waals surface area contributed by atoms with E-state index < -0.39 is 0 Å². The van der Waals surface area contributed by atoms with E-state index in [0.29, 0.717) is 13.1 Å². The van der Waals surface area contributed by atoms with E-state index in [-0.39, 0.29) is 23.8 Å². The van der Waals surface area contributed by atoms with Gasteiger partial charge in [-0.25, -0.2) is 0 Å². The standard InChI is InChI=1S/C10H16N2O3/c1-15-10(14)7-2-3-8-4-11-5-9(13)12(8)6-7/h7-8,11H,2-6H2,1H3. The minimum Gasteiger partial charge on any atom is -0.469 e. The first-order chi connectivity index (χ1) is 7.22. The molecule has 2 aliphatic rings. The number of ether oxygens (including phenoxy) is 1. The number of nitrogens with zero attached hydrogens (tertiary/aromatic N) is 1. The monoisotopic (exact) mass is 212 g/mol. The summed E-state index contributed by atoms with van der Waals surface area (Å²) >= 11 is 0. The highest BCUT2D eigenvalue weighted by molar-refractivity contribution is 5.81. The van der Waals surface area contributed by atoms with Crippen molar-refractivity contribution in [2.24, 2.45) is 5.92 Å². The number of piperazine rings is 1. The van der Waals surface area contributed by atoms with Crippen LogP contribution in [0.5, 0.6) is 0 Å². The van der Waals surface area contributed by atoms with Crippen LogP contribution < -0.4 is 5.32 Å². The Bertz CT molecular complexity index is 280. The van der Waals surface area contributed by atoms with Crippen molar-refractivity contribution in [2.75, 3.05) is 26.7 Å². The molecule has 0 aromatic rings. The van der Waals surface area contributed by atoms with Crippen molar-refractivity contribution in [1.29, 1.82) is 0 Å². The van der Waals surface area contributed by atoms with E-state index >= 15 is 0 Å². The molecule has 0 radical (unpaired) electrons. The topological polar surface area (TPSA) is 58.6 Å². The molecule has 2 saturated heterocycles. The zero-order valence-corrected chi connectivity index (χ0v) is 8.86. The number of methoxy groups -OCH3 is 1. The Morgan fingerprint density at radius 1 is 1.53 bits per heavy atom. The second-order valence-corrected chi connectivity index (χ2v) is 4.13. The number of hydrogen-bond acceptors (Lipinski definition) is 4. The van der Waals surface area contributed by atoms with Gasteiger partial charge in [0.25, 0.3) is 0 Å². The summed E-state index contributed by atoms with van der Waals surface area (Å²) in [5.74, 6) is -0.229. The lowest BCUT2D eigenvalue weighted by molar-refractivity contribution is -0.151. The zero-order valence-electron chi connectivity index (χ0n) is 8.86. The van der Waals surface area contributed by atoms with Gasteiger partial charge >= 0.3 is 5.97 Å². The zero-order chi connectivity index (χ0) is 10.8. The van der Waals surface area contributed by atoms with Crippen LogP contribution in [0.25, 0.3) is 0 Å². The predicted octanol–water partition coefficient (Wildman–Crippen LogP) is -0.630. The van der Waals surface area contributed by atoms with Crippen LogP contribution in [0.15, 0.2) is 0 Å². The first-order valence-electron chi connectivity index (χ1n) is 5.30. The van der Waals surface area contributed by atoms with Gasteiger partial charge in [0.05, 0.1) is 19.6 Å². The Hall–Kier alpha value is -1.10. The second-order valence-electron chi connectivity index (χ2n) is 4.13. The molecule has 0 aromatic carbocycles. The number of nitrogens with one attached hydrogen (secondary N) is 1. The molecule has 15 heavy (non-hydrogen) atoms. The SMILES string of the molecule is COC(=O)C1CCC2CNCC(=O)N2C1. The van der Waals surface area contributed by atoms with Crippen molar-refractivity contribution in [2.45, 2.75) is 18.9 Å². The maximum atomic E-state index is 11.6. The van der Waals surface area contributed by atoms with Crippen molar-refractivity contribution in [3.8, 4) is 0 Å². The third-order valence-corrected chi connectivity index (χ3v) is 3.22. The van der Waals surface area contributed by atoms with Crippen LogP contribution in [0.2, 0.25) is 0 Å². The van der Waals surface area contributed by atoms with Gasteiger partial charge in [-0.1, -0.05) is 0 Å². The Morgan fingerprint density at radius 2 is 2.33 bits per heavy atom. The lowest BCUT2D eigenvalue weighted by Gasteiger charge is -2.41. The molecule has 2 atom stereocenters. The van der Waals surface area contributed by atoms with Gasteiger partial charge in [0.2, 0.25) is 5.91 Å². The van der Waals surface area contributed by atoms with Crippen LogP contribution in [-0.2, 0) is 14.3 Å². The summed E-state index contributed by atoms with van der Waals surface area (Å²) in [6.45, 7) is 1.77. The lowest BCUT2D eigenvalue weighted by atomic mass is 9.91. The molecule has 2 rings (SSSR count). The number of amides is 1. The van der Waals surface area contributed by atoms with Crippen LogP contribution in [0.4, 0.5) is 0 Å².